The number of Topliss-reactive ketones (excluding diaryl/α,β-unsaturated/α-hetero) is 1. The summed E-state index contributed by atoms with van der Waals surface area (Å²) in [5, 5.41) is 12.5. The number of carbonyl (C=O) groups is 1. The first kappa shape index (κ1) is 8.68. The van der Waals surface area contributed by atoms with Crippen LogP contribution in [0.5, 0.6) is 0 Å². The molecule has 3 heteroatoms. The number of piperidine rings is 1. The van der Waals surface area contributed by atoms with Gasteiger partial charge in [0.2, 0.25) is 0 Å². The first-order valence-electron chi connectivity index (χ1n) is 4.11. The summed E-state index contributed by atoms with van der Waals surface area (Å²) in [6.45, 7) is 3.24. The predicted octanol–water partition coefficient (Wildman–Crippen LogP) is -0.0641. The maximum atomic E-state index is 10.8. The molecule has 0 aromatic rings. The Bertz CT molecular complexity index is 141. The van der Waals surface area contributed by atoms with Crippen molar-refractivity contribution < 1.29 is 9.90 Å². The number of aliphatic hydroxyl groups is 1. The minimum atomic E-state index is -0.747. The smallest absolute Gasteiger partial charge is 0.158 e. The Kier molecular flexibility index (Phi) is 3.02. The molecule has 1 heterocycles. The molecule has 1 rings (SSSR count). The second-order valence-corrected chi connectivity index (χ2v) is 3.16. The van der Waals surface area contributed by atoms with E-state index in [-0.39, 0.29) is 11.7 Å². The minimum Gasteiger partial charge on any atom is -0.385 e. The van der Waals surface area contributed by atoms with E-state index in [1.807, 2.05) is 0 Å². The summed E-state index contributed by atoms with van der Waals surface area (Å²) in [5.74, 6) is 0.0277. The largest absolute Gasteiger partial charge is 0.385 e. The molecule has 0 amide bonds. The monoisotopic (exact) mass is 157 g/mol. The van der Waals surface area contributed by atoms with Gasteiger partial charge >= 0.3 is 0 Å². The number of hydrogen-bond acceptors (Lipinski definition) is 3. The topological polar surface area (TPSA) is 49.3 Å². The summed E-state index contributed by atoms with van der Waals surface area (Å²) < 4.78 is 0. The Balaban J connectivity index is 2.38. The molecule has 1 aliphatic rings. The molecule has 0 aromatic heterocycles. The number of nitrogens with one attached hydrogen (secondary N) is 1. The molecule has 2 unspecified atom stereocenters. The van der Waals surface area contributed by atoms with Gasteiger partial charge in [-0.25, -0.2) is 0 Å². The number of aliphatic hydroxyl groups excluding tert-OH is 1. The molecule has 0 bridgehead atoms. The summed E-state index contributed by atoms with van der Waals surface area (Å²) >= 11 is 0. The highest BCUT2D eigenvalue weighted by molar-refractivity contribution is 5.80. The third-order valence-electron chi connectivity index (χ3n) is 2.20. The van der Waals surface area contributed by atoms with E-state index in [1.165, 1.54) is 6.92 Å². The normalized spacial score (nSPS) is 28.0. The molecule has 0 aromatic carbocycles. The van der Waals surface area contributed by atoms with Crippen molar-refractivity contribution >= 4 is 5.78 Å². The lowest BCUT2D eigenvalue weighted by Gasteiger charge is -2.25. The Morgan fingerprint density at radius 3 is 2.91 bits per heavy atom. The highest BCUT2D eigenvalue weighted by Gasteiger charge is 2.24. The van der Waals surface area contributed by atoms with E-state index in [1.54, 1.807) is 0 Å². The van der Waals surface area contributed by atoms with Gasteiger partial charge in [0, 0.05) is 12.5 Å². The van der Waals surface area contributed by atoms with E-state index in [0.717, 1.165) is 25.9 Å². The van der Waals surface area contributed by atoms with Gasteiger partial charge < -0.3 is 10.4 Å². The standard InChI is InChI=1S/C8H15NO2/c1-6(10)8(11)7-3-2-4-9-5-7/h7-9,11H,2-5H2,1H3. The summed E-state index contributed by atoms with van der Waals surface area (Å²) in [6, 6.07) is 0. The van der Waals surface area contributed by atoms with E-state index in [0.29, 0.717) is 0 Å². The fraction of sp³-hybridized carbons (Fsp3) is 0.875. The maximum absolute atomic E-state index is 10.8. The quantitative estimate of drug-likeness (QED) is 0.590. The molecular weight excluding hydrogens is 142 g/mol. The van der Waals surface area contributed by atoms with Crippen LogP contribution in [0, 0.1) is 5.92 Å². The van der Waals surface area contributed by atoms with Crippen LogP contribution in [0.15, 0.2) is 0 Å². The third kappa shape index (κ3) is 2.27. The molecule has 1 fully saturated rings. The van der Waals surface area contributed by atoms with Gasteiger partial charge in [0.05, 0.1) is 0 Å². The lowest BCUT2D eigenvalue weighted by molar-refractivity contribution is -0.127. The van der Waals surface area contributed by atoms with Gasteiger partial charge in [-0.15, -0.1) is 0 Å². The van der Waals surface area contributed by atoms with Gasteiger partial charge in [-0.05, 0) is 26.3 Å². The summed E-state index contributed by atoms with van der Waals surface area (Å²) in [5.41, 5.74) is 0. The van der Waals surface area contributed by atoms with E-state index in [9.17, 15) is 9.90 Å². The van der Waals surface area contributed by atoms with Crippen LogP contribution in [0.3, 0.4) is 0 Å². The van der Waals surface area contributed by atoms with Crippen LogP contribution in [0.1, 0.15) is 19.8 Å². The first-order valence-corrected chi connectivity index (χ1v) is 4.11. The molecule has 2 atom stereocenters. The van der Waals surface area contributed by atoms with Crippen LogP contribution >= 0.6 is 0 Å². The fourth-order valence-electron chi connectivity index (χ4n) is 1.48. The zero-order valence-corrected chi connectivity index (χ0v) is 6.84. The van der Waals surface area contributed by atoms with E-state index >= 15 is 0 Å². The van der Waals surface area contributed by atoms with Crippen LogP contribution in [0.25, 0.3) is 0 Å². The van der Waals surface area contributed by atoms with Gasteiger partial charge in [-0.3, -0.25) is 4.79 Å². The Morgan fingerprint density at radius 1 is 1.73 bits per heavy atom. The Hall–Kier alpha value is -0.410. The molecule has 0 spiro atoms. The lowest BCUT2D eigenvalue weighted by atomic mass is 9.92. The van der Waals surface area contributed by atoms with Crippen molar-refractivity contribution in [2.45, 2.75) is 25.9 Å². The fourth-order valence-corrected chi connectivity index (χ4v) is 1.48. The summed E-state index contributed by atoms with van der Waals surface area (Å²) in [6.07, 6.45) is 1.28. The van der Waals surface area contributed by atoms with Gasteiger partial charge in [-0.1, -0.05) is 0 Å². The zero-order chi connectivity index (χ0) is 8.27. The highest BCUT2D eigenvalue weighted by atomic mass is 16.3. The van der Waals surface area contributed by atoms with Crippen molar-refractivity contribution in [2.75, 3.05) is 13.1 Å². The minimum absolute atomic E-state index is 0.112. The second kappa shape index (κ2) is 3.83. The molecule has 0 radical (unpaired) electrons. The average Bonchev–Trinajstić information content (AvgIpc) is 2.05. The Labute approximate surface area is 66.8 Å². The van der Waals surface area contributed by atoms with Crippen LogP contribution < -0.4 is 5.32 Å². The molecule has 0 aliphatic carbocycles. The summed E-state index contributed by atoms with van der Waals surface area (Å²) in [4.78, 5) is 10.8. The third-order valence-corrected chi connectivity index (χ3v) is 2.20. The molecule has 3 nitrogen and oxygen atoms in total. The predicted molar refractivity (Wildman–Crippen MR) is 42.3 cm³/mol. The average molecular weight is 157 g/mol. The second-order valence-electron chi connectivity index (χ2n) is 3.16. The van der Waals surface area contributed by atoms with Crippen LogP contribution in [0.4, 0.5) is 0 Å². The SMILES string of the molecule is CC(=O)C(O)C1CCCNC1. The van der Waals surface area contributed by atoms with Crippen molar-refractivity contribution in [3.05, 3.63) is 0 Å². The molecule has 1 saturated heterocycles. The maximum Gasteiger partial charge on any atom is 0.158 e. The first-order chi connectivity index (χ1) is 5.22. The van der Waals surface area contributed by atoms with Crippen LogP contribution in [-0.2, 0) is 4.79 Å². The molecular formula is C8H15NO2. The van der Waals surface area contributed by atoms with Crippen molar-refractivity contribution in [3.63, 3.8) is 0 Å². The Morgan fingerprint density at radius 2 is 2.45 bits per heavy atom. The van der Waals surface area contributed by atoms with Crippen molar-refractivity contribution in [3.8, 4) is 0 Å². The van der Waals surface area contributed by atoms with Gasteiger partial charge in [0.15, 0.2) is 5.78 Å². The molecule has 1 aliphatic heterocycles. The van der Waals surface area contributed by atoms with E-state index in [2.05, 4.69) is 5.32 Å². The van der Waals surface area contributed by atoms with E-state index in [4.69, 9.17) is 0 Å². The number of carbonyl (C=O) groups excluding carboxylic acids is 1. The van der Waals surface area contributed by atoms with Crippen molar-refractivity contribution in [1.29, 1.82) is 0 Å². The van der Waals surface area contributed by atoms with Crippen molar-refractivity contribution in [1.82, 2.24) is 5.32 Å². The van der Waals surface area contributed by atoms with Gasteiger partial charge in [-0.2, -0.15) is 0 Å². The summed E-state index contributed by atoms with van der Waals surface area (Å²) in [7, 11) is 0. The highest BCUT2D eigenvalue weighted by Crippen LogP contribution is 2.14. The van der Waals surface area contributed by atoms with Gasteiger partial charge in [0.25, 0.3) is 0 Å². The number of rotatable bonds is 2. The van der Waals surface area contributed by atoms with Gasteiger partial charge in [0.1, 0.15) is 6.10 Å². The van der Waals surface area contributed by atoms with Crippen LogP contribution in [0.2, 0.25) is 0 Å². The van der Waals surface area contributed by atoms with E-state index < -0.39 is 6.10 Å². The number of ketones is 1. The lowest BCUT2D eigenvalue weighted by Crippen LogP contribution is -2.39. The zero-order valence-electron chi connectivity index (χ0n) is 6.84. The molecule has 2 N–H and O–H groups in total. The van der Waals surface area contributed by atoms with Crippen LogP contribution in [-0.4, -0.2) is 30.1 Å². The molecule has 64 valence electrons. The molecule has 11 heavy (non-hydrogen) atoms. The van der Waals surface area contributed by atoms with Crippen molar-refractivity contribution in [2.24, 2.45) is 5.92 Å². The molecule has 0 saturated carbocycles. The number of hydrogen-bond donors (Lipinski definition) is 2.